The number of hydrogen-bond donors (Lipinski definition) is 1. The van der Waals surface area contributed by atoms with Crippen LogP contribution in [0.15, 0.2) is 23.1 Å². The Balaban J connectivity index is 2.10. The van der Waals surface area contributed by atoms with Crippen molar-refractivity contribution in [2.24, 2.45) is 0 Å². The van der Waals surface area contributed by atoms with Gasteiger partial charge in [0.15, 0.2) is 0 Å². The van der Waals surface area contributed by atoms with Crippen LogP contribution in [-0.4, -0.2) is 10.6 Å². The molecule has 0 radical (unpaired) electrons. The van der Waals surface area contributed by atoms with E-state index in [0.29, 0.717) is 6.54 Å². The number of benzene rings is 1. The second kappa shape index (κ2) is 5.03. The molecule has 0 saturated heterocycles. The summed E-state index contributed by atoms with van der Waals surface area (Å²) in [4.78, 5) is 11.9. The zero-order valence-electron chi connectivity index (χ0n) is 8.25. The quantitative estimate of drug-likeness (QED) is 0.667. The fourth-order valence-electron chi connectivity index (χ4n) is 1.70. The van der Waals surface area contributed by atoms with Gasteiger partial charge in [0.1, 0.15) is 0 Å². The summed E-state index contributed by atoms with van der Waals surface area (Å²) >= 11 is 4.78. The topological polar surface area (TPSA) is 29.1 Å². The van der Waals surface area contributed by atoms with E-state index in [-0.39, 0.29) is 4.82 Å². The molecule has 0 unspecified atom stereocenters. The average molecular weight is 286 g/mol. The van der Waals surface area contributed by atoms with E-state index in [9.17, 15) is 4.79 Å². The minimum absolute atomic E-state index is 0.158. The summed E-state index contributed by atoms with van der Waals surface area (Å²) in [7, 11) is 0. The van der Waals surface area contributed by atoms with Gasteiger partial charge in [0.05, 0.1) is 0 Å². The fourth-order valence-corrected chi connectivity index (χ4v) is 2.85. The first-order chi connectivity index (χ1) is 7.25. The number of carbonyl (C=O) groups is 1. The summed E-state index contributed by atoms with van der Waals surface area (Å²) in [6.07, 6.45) is 2.42. The molecule has 2 rings (SSSR count). The summed E-state index contributed by atoms with van der Waals surface area (Å²) in [5.41, 5.74) is 2.59. The maximum atomic E-state index is 10.7. The average Bonchev–Trinajstić information content (AvgIpc) is 2.26. The van der Waals surface area contributed by atoms with Crippen LogP contribution in [0.3, 0.4) is 0 Å². The Hall–Kier alpha value is -0.480. The van der Waals surface area contributed by atoms with Crippen molar-refractivity contribution < 1.29 is 4.79 Å². The molecule has 1 aromatic rings. The van der Waals surface area contributed by atoms with Gasteiger partial charge in [-0.15, -0.1) is 11.8 Å². The van der Waals surface area contributed by atoms with Crippen LogP contribution >= 0.6 is 27.7 Å². The third-order valence-corrected chi connectivity index (χ3v) is 3.89. The summed E-state index contributed by atoms with van der Waals surface area (Å²) < 4.78 is 0. The van der Waals surface area contributed by atoms with Gasteiger partial charge in [0.2, 0.25) is 0 Å². The molecular formula is C11H12BrNOS. The van der Waals surface area contributed by atoms with Crippen molar-refractivity contribution in [2.45, 2.75) is 24.3 Å². The Labute approximate surface area is 102 Å². The predicted molar refractivity (Wildman–Crippen MR) is 66.6 cm³/mol. The molecule has 0 saturated carbocycles. The normalized spacial score (nSPS) is 14.5. The van der Waals surface area contributed by atoms with Crippen molar-refractivity contribution in [3.8, 4) is 0 Å². The van der Waals surface area contributed by atoms with Gasteiger partial charge in [-0.1, -0.05) is 12.1 Å². The second-order valence-corrected chi connectivity index (χ2v) is 5.38. The van der Waals surface area contributed by atoms with Gasteiger partial charge >= 0.3 is 0 Å². The van der Waals surface area contributed by atoms with E-state index in [1.54, 1.807) is 0 Å². The zero-order chi connectivity index (χ0) is 10.7. The van der Waals surface area contributed by atoms with E-state index in [2.05, 4.69) is 39.4 Å². The first kappa shape index (κ1) is 11.0. The summed E-state index contributed by atoms with van der Waals surface area (Å²) in [6, 6.07) is 6.44. The third-order valence-electron chi connectivity index (χ3n) is 2.40. The highest BCUT2D eigenvalue weighted by Crippen LogP contribution is 2.30. The SMILES string of the molecule is O=C(Br)NCc1ccc2c(c1)CCCS2. The third kappa shape index (κ3) is 2.98. The van der Waals surface area contributed by atoms with Gasteiger partial charge in [-0.3, -0.25) is 4.79 Å². The number of rotatable bonds is 2. The molecule has 15 heavy (non-hydrogen) atoms. The molecule has 1 aromatic carbocycles. The molecule has 0 aromatic heterocycles. The van der Waals surface area contributed by atoms with Gasteiger partial charge < -0.3 is 5.32 Å². The molecule has 0 bridgehead atoms. The van der Waals surface area contributed by atoms with Crippen molar-refractivity contribution >= 4 is 32.5 Å². The van der Waals surface area contributed by atoms with Crippen LogP contribution in [0.25, 0.3) is 0 Å². The Morgan fingerprint density at radius 1 is 1.53 bits per heavy atom. The Kier molecular flexibility index (Phi) is 3.70. The number of fused-ring (bicyclic) bond motifs is 1. The Bertz CT molecular complexity index is 381. The lowest BCUT2D eigenvalue weighted by atomic mass is 10.1. The molecule has 1 aliphatic rings. The van der Waals surface area contributed by atoms with Crippen molar-refractivity contribution in [3.63, 3.8) is 0 Å². The van der Waals surface area contributed by atoms with Crippen molar-refractivity contribution in [3.05, 3.63) is 29.3 Å². The minimum Gasteiger partial charge on any atom is -0.343 e. The van der Waals surface area contributed by atoms with Crippen molar-refractivity contribution in [1.29, 1.82) is 0 Å². The molecule has 0 spiro atoms. The number of nitrogens with one attached hydrogen (secondary N) is 1. The van der Waals surface area contributed by atoms with Crippen LogP contribution in [0, 0.1) is 0 Å². The molecule has 2 nitrogen and oxygen atoms in total. The van der Waals surface area contributed by atoms with E-state index < -0.39 is 0 Å². The largest absolute Gasteiger partial charge is 0.343 e. The zero-order valence-corrected chi connectivity index (χ0v) is 10.7. The van der Waals surface area contributed by atoms with Gasteiger partial charge in [-0.25, -0.2) is 0 Å². The summed E-state index contributed by atoms with van der Waals surface area (Å²) in [6.45, 7) is 0.599. The highest BCUT2D eigenvalue weighted by molar-refractivity contribution is 9.18. The highest BCUT2D eigenvalue weighted by atomic mass is 79.9. The number of carbonyl (C=O) groups excluding carboxylic acids is 1. The van der Waals surface area contributed by atoms with Crippen LogP contribution < -0.4 is 5.32 Å². The number of thioether (sulfide) groups is 1. The second-order valence-electron chi connectivity index (χ2n) is 3.52. The predicted octanol–water partition coefficient (Wildman–Crippen LogP) is 3.33. The van der Waals surface area contributed by atoms with Gasteiger partial charge in [0, 0.05) is 27.4 Å². The summed E-state index contributed by atoms with van der Waals surface area (Å²) in [5, 5.41) is 2.74. The Morgan fingerprint density at radius 3 is 3.20 bits per heavy atom. The molecule has 1 N–H and O–H groups in total. The molecule has 0 atom stereocenters. The molecule has 1 heterocycles. The number of aryl methyl sites for hydroxylation is 1. The lowest BCUT2D eigenvalue weighted by Gasteiger charge is -2.15. The van der Waals surface area contributed by atoms with E-state index in [1.807, 2.05) is 11.8 Å². The van der Waals surface area contributed by atoms with Crippen LogP contribution in [-0.2, 0) is 13.0 Å². The smallest absolute Gasteiger partial charge is 0.287 e. The number of amides is 1. The van der Waals surface area contributed by atoms with Gasteiger partial charge in [-0.2, -0.15) is 0 Å². The van der Waals surface area contributed by atoms with Crippen molar-refractivity contribution in [1.82, 2.24) is 5.32 Å². The molecule has 1 aliphatic heterocycles. The summed E-state index contributed by atoms with van der Waals surface area (Å²) in [5.74, 6) is 1.23. The van der Waals surface area contributed by atoms with Crippen molar-refractivity contribution in [2.75, 3.05) is 5.75 Å². The maximum absolute atomic E-state index is 10.7. The highest BCUT2D eigenvalue weighted by Gasteiger charge is 2.09. The monoisotopic (exact) mass is 285 g/mol. The number of halogens is 1. The molecule has 0 fully saturated rings. The van der Waals surface area contributed by atoms with Gasteiger partial charge in [-0.05, 0) is 35.8 Å². The fraction of sp³-hybridized carbons (Fsp3) is 0.364. The van der Waals surface area contributed by atoms with Crippen LogP contribution in [0.5, 0.6) is 0 Å². The van der Waals surface area contributed by atoms with Gasteiger partial charge in [0.25, 0.3) is 4.82 Å². The molecule has 4 heteroatoms. The van der Waals surface area contributed by atoms with E-state index in [0.717, 1.165) is 0 Å². The molecule has 80 valence electrons. The minimum atomic E-state index is -0.158. The number of hydrogen-bond acceptors (Lipinski definition) is 2. The molecule has 1 amide bonds. The lowest BCUT2D eigenvalue weighted by molar-refractivity contribution is 0.261. The van der Waals surface area contributed by atoms with Crippen LogP contribution in [0.1, 0.15) is 17.5 Å². The first-order valence-electron chi connectivity index (χ1n) is 4.93. The maximum Gasteiger partial charge on any atom is 0.287 e. The van der Waals surface area contributed by atoms with E-state index in [4.69, 9.17) is 0 Å². The Morgan fingerprint density at radius 2 is 2.40 bits per heavy atom. The standard InChI is InChI=1S/C11H12BrNOS/c12-11(14)13-7-8-3-4-10-9(6-8)2-1-5-15-10/h3-4,6H,1-2,5,7H2,(H,13,14). The van der Waals surface area contributed by atoms with Crippen LogP contribution in [0.4, 0.5) is 4.79 Å². The van der Waals surface area contributed by atoms with Crippen LogP contribution in [0.2, 0.25) is 0 Å². The van der Waals surface area contributed by atoms with E-state index in [1.165, 1.54) is 34.6 Å². The molecule has 0 aliphatic carbocycles. The molecular weight excluding hydrogens is 274 g/mol. The van der Waals surface area contributed by atoms with E-state index >= 15 is 0 Å². The first-order valence-corrected chi connectivity index (χ1v) is 6.71. The lowest BCUT2D eigenvalue weighted by Crippen LogP contribution is -2.15.